The molecule has 0 aliphatic carbocycles. The SMILES string of the molecule is Cc1cccc(N2CCN(C(=O)c3cc(Cl)c4c(c3)OCCCO4)CC2)c1C. The van der Waals surface area contributed by atoms with Gasteiger partial charge in [-0.15, -0.1) is 0 Å². The van der Waals surface area contributed by atoms with Gasteiger partial charge in [-0.2, -0.15) is 0 Å². The third-order valence-electron chi connectivity index (χ3n) is 5.53. The van der Waals surface area contributed by atoms with E-state index in [0.29, 0.717) is 48.4 Å². The first-order valence-corrected chi connectivity index (χ1v) is 10.1. The van der Waals surface area contributed by atoms with E-state index >= 15 is 0 Å². The maximum absolute atomic E-state index is 13.0. The number of aryl methyl sites for hydroxylation is 1. The molecule has 0 unspecified atom stereocenters. The fourth-order valence-corrected chi connectivity index (χ4v) is 4.03. The van der Waals surface area contributed by atoms with Crippen LogP contribution in [0.4, 0.5) is 5.69 Å². The molecule has 2 aromatic carbocycles. The van der Waals surface area contributed by atoms with Crippen LogP contribution in [-0.2, 0) is 0 Å². The van der Waals surface area contributed by atoms with E-state index in [1.54, 1.807) is 12.1 Å². The summed E-state index contributed by atoms with van der Waals surface area (Å²) in [5.74, 6) is 1.08. The van der Waals surface area contributed by atoms with Gasteiger partial charge in [0.15, 0.2) is 11.5 Å². The molecule has 0 spiro atoms. The molecule has 2 aliphatic rings. The van der Waals surface area contributed by atoms with Crippen LogP contribution < -0.4 is 14.4 Å². The zero-order valence-electron chi connectivity index (χ0n) is 16.3. The van der Waals surface area contributed by atoms with Crippen LogP contribution in [0.3, 0.4) is 0 Å². The largest absolute Gasteiger partial charge is 0.489 e. The molecule has 148 valence electrons. The van der Waals surface area contributed by atoms with Gasteiger partial charge in [-0.3, -0.25) is 4.79 Å². The normalized spacial score (nSPS) is 16.7. The fourth-order valence-electron chi connectivity index (χ4n) is 3.77. The number of anilines is 1. The van der Waals surface area contributed by atoms with Gasteiger partial charge in [0.1, 0.15) is 0 Å². The zero-order valence-corrected chi connectivity index (χ0v) is 17.1. The number of piperazine rings is 1. The number of ether oxygens (including phenoxy) is 2. The Morgan fingerprint density at radius 2 is 1.79 bits per heavy atom. The van der Waals surface area contributed by atoms with Crippen molar-refractivity contribution in [2.24, 2.45) is 0 Å². The van der Waals surface area contributed by atoms with Crippen LogP contribution in [0.15, 0.2) is 30.3 Å². The van der Waals surface area contributed by atoms with E-state index in [9.17, 15) is 4.79 Å². The van der Waals surface area contributed by atoms with Crippen molar-refractivity contribution in [2.75, 3.05) is 44.3 Å². The lowest BCUT2D eigenvalue weighted by molar-refractivity contribution is 0.0746. The van der Waals surface area contributed by atoms with Gasteiger partial charge in [0.2, 0.25) is 0 Å². The molecular formula is C22H25ClN2O3. The van der Waals surface area contributed by atoms with Crippen LogP contribution in [-0.4, -0.2) is 50.2 Å². The van der Waals surface area contributed by atoms with Crippen LogP contribution in [0, 0.1) is 13.8 Å². The van der Waals surface area contributed by atoms with Crippen molar-refractivity contribution in [3.63, 3.8) is 0 Å². The number of rotatable bonds is 2. The summed E-state index contributed by atoms with van der Waals surface area (Å²) in [7, 11) is 0. The Hall–Kier alpha value is -2.40. The highest BCUT2D eigenvalue weighted by Gasteiger charge is 2.25. The molecule has 1 fully saturated rings. The molecule has 2 aromatic rings. The molecule has 2 heterocycles. The van der Waals surface area contributed by atoms with Crippen LogP contribution in [0.25, 0.3) is 0 Å². The van der Waals surface area contributed by atoms with Crippen molar-refractivity contribution in [3.8, 4) is 11.5 Å². The van der Waals surface area contributed by atoms with E-state index < -0.39 is 0 Å². The number of nitrogens with zero attached hydrogens (tertiary/aromatic N) is 2. The minimum absolute atomic E-state index is 0.0156. The van der Waals surface area contributed by atoms with Gasteiger partial charge in [0.05, 0.1) is 18.2 Å². The summed E-state index contributed by atoms with van der Waals surface area (Å²) in [6, 6.07) is 9.82. The predicted octanol–water partition coefficient (Wildman–Crippen LogP) is 4.08. The molecule has 0 bridgehead atoms. The second-order valence-corrected chi connectivity index (χ2v) is 7.74. The Labute approximate surface area is 170 Å². The molecule has 2 aliphatic heterocycles. The van der Waals surface area contributed by atoms with Gasteiger partial charge < -0.3 is 19.3 Å². The third kappa shape index (κ3) is 3.63. The summed E-state index contributed by atoms with van der Waals surface area (Å²) in [5, 5.41) is 0.428. The third-order valence-corrected chi connectivity index (χ3v) is 5.81. The molecule has 0 saturated carbocycles. The number of halogens is 1. The molecule has 1 saturated heterocycles. The number of hydrogen-bond donors (Lipinski definition) is 0. The predicted molar refractivity (Wildman–Crippen MR) is 111 cm³/mol. The Morgan fingerprint density at radius 3 is 2.57 bits per heavy atom. The van der Waals surface area contributed by atoms with Gasteiger partial charge in [0.25, 0.3) is 5.91 Å². The number of carbonyl (C=O) groups excluding carboxylic acids is 1. The number of amides is 1. The van der Waals surface area contributed by atoms with Crippen molar-refractivity contribution in [1.82, 2.24) is 4.90 Å². The molecule has 6 heteroatoms. The molecular weight excluding hydrogens is 376 g/mol. The van der Waals surface area contributed by atoms with Crippen molar-refractivity contribution in [2.45, 2.75) is 20.3 Å². The summed E-state index contributed by atoms with van der Waals surface area (Å²) < 4.78 is 11.4. The number of carbonyl (C=O) groups is 1. The van der Waals surface area contributed by atoms with E-state index in [4.69, 9.17) is 21.1 Å². The monoisotopic (exact) mass is 400 g/mol. The molecule has 28 heavy (non-hydrogen) atoms. The molecule has 0 atom stereocenters. The highest BCUT2D eigenvalue weighted by molar-refractivity contribution is 6.32. The van der Waals surface area contributed by atoms with Gasteiger partial charge in [-0.05, 0) is 43.2 Å². The standard InChI is InChI=1S/C22H25ClN2O3/c1-15-5-3-6-19(16(15)2)24-7-9-25(10-8-24)22(26)17-13-18(23)21-20(14-17)27-11-4-12-28-21/h3,5-6,13-14H,4,7-12H2,1-2H3. The molecule has 4 rings (SSSR count). The maximum Gasteiger partial charge on any atom is 0.254 e. The Kier molecular flexibility index (Phi) is 5.36. The second-order valence-electron chi connectivity index (χ2n) is 7.33. The average Bonchev–Trinajstić information content (AvgIpc) is 2.96. The Bertz CT molecular complexity index is 892. The van der Waals surface area contributed by atoms with E-state index in [0.717, 1.165) is 19.5 Å². The first-order valence-electron chi connectivity index (χ1n) is 9.74. The maximum atomic E-state index is 13.0. The van der Waals surface area contributed by atoms with Gasteiger partial charge in [-0.25, -0.2) is 0 Å². The van der Waals surface area contributed by atoms with Gasteiger partial charge in [-0.1, -0.05) is 23.7 Å². The topological polar surface area (TPSA) is 42.0 Å². The lowest BCUT2D eigenvalue weighted by atomic mass is 10.1. The lowest BCUT2D eigenvalue weighted by Crippen LogP contribution is -2.49. The van der Waals surface area contributed by atoms with Crippen molar-refractivity contribution in [3.05, 3.63) is 52.0 Å². The molecule has 0 aromatic heterocycles. The molecule has 0 N–H and O–H groups in total. The molecule has 1 amide bonds. The summed E-state index contributed by atoms with van der Waals surface area (Å²) in [6.45, 7) is 8.41. The van der Waals surface area contributed by atoms with Gasteiger partial charge in [0, 0.05) is 43.9 Å². The molecule has 5 nitrogen and oxygen atoms in total. The summed E-state index contributed by atoms with van der Waals surface area (Å²) in [5.41, 5.74) is 4.40. The van der Waals surface area contributed by atoms with Crippen LogP contribution in [0.2, 0.25) is 5.02 Å². The summed E-state index contributed by atoms with van der Waals surface area (Å²) >= 11 is 6.35. The lowest BCUT2D eigenvalue weighted by Gasteiger charge is -2.37. The van der Waals surface area contributed by atoms with Crippen molar-refractivity contribution < 1.29 is 14.3 Å². The van der Waals surface area contributed by atoms with E-state index in [-0.39, 0.29) is 5.91 Å². The highest BCUT2D eigenvalue weighted by atomic mass is 35.5. The minimum Gasteiger partial charge on any atom is -0.489 e. The highest BCUT2D eigenvalue weighted by Crippen LogP contribution is 2.38. The van der Waals surface area contributed by atoms with E-state index in [1.165, 1.54) is 16.8 Å². The van der Waals surface area contributed by atoms with E-state index in [1.807, 2.05) is 4.90 Å². The zero-order chi connectivity index (χ0) is 19.7. The number of fused-ring (bicyclic) bond motifs is 1. The quantitative estimate of drug-likeness (QED) is 0.761. The Balaban J connectivity index is 1.48. The summed E-state index contributed by atoms with van der Waals surface area (Å²) in [4.78, 5) is 17.3. The Morgan fingerprint density at radius 1 is 1.04 bits per heavy atom. The fraction of sp³-hybridized carbons (Fsp3) is 0.409. The number of benzene rings is 2. The number of hydrogen-bond acceptors (Lipinski definition) is 4. The second kappa shape index (κ2) is 7.92. The smallest absolute Gasteiger partial charge is 0.254 e. The van der Waals surface area contributed by atoms with Crippen LogP contribution in [0.1, 0.15) is 27.9 Å². The first-order chi connectivity index (χ1) is 13.5. The molecule has 0 radical (unpaired) electrons. The summed E-state index contributed by atoms with van der Waals surface area (Å²) in [6.07, 6.45) is 0.800. The van der Waals surface area contributed by atoms with Gasteiger partial charge >= 0.3 is 0 Å². The first kappa shape index (κ1) is 18.9. The van der Waals surface area contributed by atoms with Crippen LogP contribution in [0.5, 0.6) is 11.5 Å². The van der Waals surface area contributed by atoms with Crippen LogP contribution >= 0.6 is 11.6 Å². The minimum atomic E-state index is -0.0156. The average molecular weight is 401 g/mol. The van der Waals surface area contributed by atoms with Crippen molar-refractivity contribution in [1.29, 1.82) is 0 Å². The van der Waals surface area contributed by atoms with E-state index in [2.05, 4.69) is 36.9 Å². The van der Waals surface area contributed by atoms with Crippen molar-refractivity contribution >= 4 is 23.2 Å².